The first-order valence-electron chi connectivity index (χ1n) is 6.03. The maximum atomic E-state index is 4.78. The van der Waals surface area contributed by atoms with Gasteiger partial charge in [-0.3, -0.25) is 0 Å². The number of hydrogen-bond donors (Lipinski definition) is 0. The molecule has 19 heavy (non-hydrogen) atoms. The monoisotopic (exact) mass is 329 g/mol. The Balaban J connectivity index is 2.04. The minimum atomic E-state index is 1.07. The Kier molecular flexibility index (Phi) is 3.49. The highest BCUT2D eigenvalue weighted by molar-refractivity contribution is 9.10. The highest BCUT2D eigenvalue weighted by Crippen LogP contribution is 2.33. The topological polar surface area (TPSA) is 12.9 Å². The van der Waals surface area contributed by atoms with Gasteiger partial charge in [-0.15, -0.1) is 11.3 Å². The summed E-state index contributed by atoms with van der Waals surface area (Å²) in [6.45, 7) is 2.13. The minimum Gasteiger partial charge on any atom is -0.236 e. The molecule has 0 bridgehead atoms. The van der Waals surface area contributed by atoms with Gasteiger partial charge in [-0.2, -0.15) is 0 Å². The van der Waals surface area contributed by atoms with Crippen molar-refractivity contribution in [2.24, 2.45) is 0 Å². The van der Waals surface area contributed by atoms with Gasteiger partial charge in [-0.25, -0.2) is 4.98 Å². The second-order valence-corrected chi connectivity index (χ2v) is 6.42. The van der Waals surface area contributed by atoms with Crippen molar-refractivity contribution in [2.75, 3.05) is 0 Å². The van der Waals surface area contributed by atoms with Crippen LogP contribution in [0.15, 0.2) is 59.1 Å². The summed E-state index contributed by atoms with van der Waals surface area (Å²) in [6.07, 6.45) is 0. The smallest absolute Gasteiger partial charge is 0.124 e. The predicted octanol–water partition coefficient (Wildman–Crippen LogP) is 5.55. The van der Waals surface area contributed by atoms with Gasteiger partial charge in [0.25, 0.3) is 0 Å². The first-order valence-corrected chi connectivity index (χ1v) is 7.64. The summed E-state index contributed by atoms with van der Waals surface area (Å²) in [5, 5.41) is 1.07. The molecule has 0 aliphatic heterocycles. The van der Waals surface area contributed by atoms with E-state index in [1.807, 2.05) is 30.3 Å². The molecule has 0 unspecified atom stereocenters. The molecule has 1 nitrogen and oxygen atoms in total. The van der Waals surface area contributed by atoms with Gasteiger partial charge in [-0.1, -0.05) is 58.4 Å². The van der Waals surface area contributed by atoms with Crippen LogP contribution < -0.4 is 0 Å². The molecule has 2 aromatic carbocycles. The predicted molar refractivity (Wildman–Crippen MR) is 85.4 cm³/mol. The number of rotatable bonds is 2. The summed E-state index contributed by atoms with van der Waals surface area (Å²) in [5.41, 5.74) is 3.43. The van der Waals surface area contributed by atoms with Crippen LogP contribution in [0.1, 0.15) is 4.88 Å². The van der Waals surface area contributed by atoms with E-state index >= 15 is 0 Å². The fourth-order valence-electron chi connectivity index (χ4n) is 1.98. The Bertz CT molecular complexity index is 687. The third-order valence-corrected chi connectivity index (χ3v) is 4.48. The largest absolute Gasteiger partial charge is 0.236 e. The van der Waals surface area contributed by atoms with Crippen LogP contribution in [0.5, 0.6) is 0 Å². The molecule has 0 saturated carbocycles. The van der Waals surface area contributed by atoms with E-state index in [0.717, 1.165) is 15.2 Å². The van der Waals surface area contributed by atoms with Crippen molar-refractivity contribution >= 4 is 27.3 Å². The molecule has 0 spiro atoms. The van der Waals surface area contributed by atoms with Crippen LogP contribution in [-0.2, 0) is 0 Å². The lowest BCUT2D eigenvalue weighted by molar-refractivity contribution is 1.37. The van der Waals surface area contributed by atoms with Gasteiger partial charge in [0, 0.05) is 20.5 Å². The van der Waals surface area contributed by atoms with E-state index in [1.165, 1.54) is 16.0 Å². The number of aryl methyl sites for hydroxylation is 1. The zero-order valence-electron chi connectivity index (χ0n) is 10.4. The summed E-state index contributed by atoms with van der Waals surface area (Å²) < 4.78 is 1.09. The lowest BCUT2D eigenvalue weighted by atomic mass is 10.1. The normalized spacial score (nSPS) is 10.6. The third kappa shape index (κ3) is 2.62. The van der Waals surface area contributed by atoms with Crippen molar-refractivity contribution in [1.29, 1.82) is 0 Å². The summed E-state index contributed by atoms with van der Waals surface area (Å²) in [5.74, 6) is 0. The molecule has 1 heterocycles. The molecular formula is C16H12BrNS. The van der Waals surface area contributed by atoms with Crippen LogP contribution in [0.25, 0.3) is 21.8 Å². The molecule has 3 heteroatoms. The van der Waals surface area contributed by atoms with Gasteiger partial charge in [0.1, 0.15) is 5.01 Å². The Morgan fingerprint density at radius 3 is 2.26 bits per heavy atom. The van der Waals surface area contributed by atoms with E-state index in [0.29, 0.717) is 0 Å². The molecule has 3 aromatic rings. The summed E-state index contributed by atoms with van der Waals surface area (Å²) in [4.78, 5) is 6.04. The quantitative estimate of drug-likeness (QED) is 0.600. The molecule has 0 saturated heterocycles. The van der Waals surface area contributed by atoms with Gasteiger partial charge in [-0.05, 0) is 19.1 Å². The van der Waals surface area contributed by atoms with Crippen LogP contribution in [0, 0.1) is 6.92 Å². The molecule has 0 aliphatic rings. The number of thiazole rings is 1. The maximum absolute atomic E-state index is 4.78. The highest BCUT2D eigenvalue weighted by atomic mass is 79.9. The second-order valence-electron chi connectivity index (χ2n) is 4.30. The zero-order chi connectivity index (χ0) is 13.2. The Morgan fingerprint density at radius 1 is 0.895 bits per heavy atom. The second kappa shape index (κ2) is 5.27. The van der Waals surface area contributed by atoms with Gasteiger partial charge in [0.05, 0.1) is 5.69 Å². The SMILES string of the molecule is Cc1sc(-c2ccc(Br)cc2)nc1-c1ccccc1. The molecule has 0 radical (unpaired) electrons. The van der Waals surface area contributed by atoms with Crippen LogP contribution in [0.4, 0.5) is 0 Å². The highest BCUT2D eigenvalue weighted by Gasteiger charge is 2.10. The van der Waals surface area contributed by atoms with Crippen molar-refractivity contribution in [3.8, 4) is 21.8 Å². The Hall–Kier alpha value is -1.45. The summed E-state index contributed by atoms with van der Waals surface area (Å²) >= 11 is 5.20. The molecule has 0 atom stereocenters. The fraction of sp³-hybridized carbons (Fsp3) is 0.0625. The Morgan fingerprint density at radius 2 is 1.58 bits per heavy atom. The van der Waals surface area contributed by atoms with Crippen LogP contribution in [-0.4, -0.2) is 4.98 Å². The van der Waals surface area contributed by atoms with Gasteiger partial charge >= 0.3 is 0 Å². The number of halogens is 1. The first-order chi connectivity index (χ1) is 9.24. The Labute approximate surface area is 125 Å². The van der Waals surface area contributed by atoms with Gasteiger partial charge in [0.2, 0.25) is 0 Å². The van der Waals surface area contributed by atoms with Crippen molar-refractivity contribution in [3.05, 3.63) is 63.9 Å². The minimum absolute atomic E-state index is 1.07. The maximum Gasteiger partial charge on any atom is 0.124 e. The fourth-order valence-corrected chi connectivity index (χ4v) is 3.18. The lowest BCUT2D eigenvalue weighted by Gasteiger charge is -1.97. The van der Waals surface area contributed by atoms with Crippen molar-refractivity contribution in [2.45, 2.75) is 6.92 Å². The molecule has 0 amide bonds. The van der Waals surface area contributed by atoms with Crippen molar-refractivity contribution in [1.82, 2.24) is 4.98 Å². The van der Waals surface area contributed by atoms with Crippen LogP contribution in [0.2, 0.25) is 0 Å². The molecule has 0 aliphatic carbocycles. The molecular weight excluding hydrogens is 318 g/mol. The van der Waals surface area contributed by atoms with E-state index in [1.54, 1.807) is 11.3 Å². The molecule has 0 fully saturated rings. The van der Waals surface area contributed by atoms with E-state index in [2.05, 4.69) is 47.1 Å². The lowest BCUT2D eigenvalue weighted by Crippen LogP contribution is -1.80. The average Bonchev–Trinajstić information content (AvgIpc) is 2.83. The first kappa shape index (κ1) is 12.6. The number of aromatic nitrogens is 1. The average molecular weight is 330 g/mol. The molecule has 1 aromatic heterocycles. The third-order valence-electron chi connectivity index (χ3n) is 2.93. The van der Waals surface area contributed by atoms with Gasteiger partial charge in [0.15, 0.2) is 0 Å². The summed E-state index contributed by atoms with van der Waals surface area (Å²) in [6, 6.07) is 18.6. The van der Waals surface area contributed by atoms with E-state index in [-0.39, 0.29) is 0 Å². The number of nitrogens with zero attached hydrogens (tertiary/aromatic N) is 1. The zero-order valence-corrected chi connectivity index (χ0v) is 12.8. The van der Waals surface area contributed by atoms with E-state index in [4.69, 9.17) is 4.98 Å². The molecule has 3 rings (SSSR count). The van der Waals surface area contributed by atoms with Crippen LogP contribution >= 0.6 is 27.3 Å². The van der Waals surface area contributed by atoms with Crippen molar-refractivity contribution < 1.29 is 0 Å². The van der Waals surface area contributed by atoms with Gasteiger partial charge < -0.3 is 0 Å². The standard InChI is InChI=1S/C16H12BrNS/c1-11-15(12-5-3-2-4-6-12)18-16(19-11)13-7-9-14(17)10-8-13/h2-10H,1H3. The number of benzene rings is 2. The van der Waals surface area contributed by atoms with Crippen LogP contribution in [0.3, 0.4) is 0 Å². The van der Waals surface area contributed by atoms with E-state index in [9.17, 15) is 0 Å². The van der Waals surface area contributed by atoms with Crippen molar-refractivity contribution in [3.63, 3.8) is 0 Å². The van der Waals surface area contributed by atoms with E-state index < -0.39 is 0 Å². The summed E-state index contributed by atoms with van der Waals surface area (Å²) in [7, 11) is 0. The molecule has 0 N–H and O–H groups in total. The number of hydrogen-bond acceptors (Lipinski definition) is 2. The molecule has 94 valence electrons.